The predicted molar refractivity (Wildman–Crippen MR) is 99.3 cm³/mol. The third kappa shape index (κ3) is 4.37. The Kier molecular flexibility index (Phi) is 5.22. The maximum absolute atomic E-state index is 13.8. The minimum Gasteiger partial charge on any atom is -0.454 e. The molecule has 0 saturated carbocycles. The van der Waals surface area contributed by atoms with Crippen molar-refractivity contribution in [3.05, 3.63) is 53.8 Å². The van der Waals surface area contributed by atoms with Crippen molar-refractivity contribution in [1.29, 1.82) is 0 Å². The normalized spacial score (nSPS) is 17.1. The highest BCUT2D eigenvalue weighted by molar-refractivity contribution is 5.92. The molecule has 1 N–H and O–H groups in total. The smallest absolute Gasteiger partial charge is 0.238 e. The van der Waals surface area contributed by atoms with Crippen molar-refractivity contribution in [2.24, 2.45) is 0 Å². The van der Waals surface area contributed by atoms with E-state index in [1.165, 1.54) is 6.07 Å². The van der Waals surface area contributed by atoms with Crippen molar-refractivity contribution in [3.63, 3.8) is 0 Å². The maximum Gasteiger partial charge on any atom is 0.238 e. The molecule has 0 aromatic heterocycles. The van der Waals surface area contributed by atoms with E-state index in [9.17, 15) is 9.18 Å². The van der Waals surface area contributed by atoms with Gasteiger partial charge >= 0.3 is 0 Å². The molecular weight excluding hydrogens is 349 g/mol. The van der Waals surface area contributed by atoms with Crippen molar-refractivity contribution in [1.82, 2.24) is 9.80 Å². The van der Waals surface area contributed by atoms with Crippen LogP contribution in [0.2, 0.25) is 0 Å². The zero-order valence-corrected chi connectivity index (χ0v) is 15.0. The van der Waals surface area contributed by atoms with Gasteiger partial charge in [0.2, 0.25) is 12.7 Å². The van der Waals surface area contributed by atoms with Gasteiger partial charge in [0, 0.05) is 50.0 Å². The standard InChI is InChI=1S/C20H22FN3O3/c21-17-4-2-1-3-15(17)12-23-7-9-24(10-8-23)13-20(25)22-16-5-6-18-19(11-16)27-14-26-18/h1-6,11H,7-10,12-14H2,(H,22,25). The van der Waals surface area contributed by atoms with Crippen molar-refractivity contribution < 1.29 is 18.7 Å². The van der Waals surface area contributed by atoms with Crippen LogP contribution in [0, 0.1) is 5.82 Å². The second-order valence-corrected chi connectivity index (χ2v) is 6.76. The number of anilines is 1. The highest BCUT2D eigenvalue weighted by atomic mass is 19.1. The van der Waals surface area contributed by atoms with E-state index in [1.54, 1.807) is 24.3 Å². The number of piperazine rings is 1. The summed E-state index contributed by atoms with van der Waals surface area (Å²) >= 11 is 0. The van der Waals surface area contributed by atoms with Crippen LogP contribution in [0.1, 0.15) is 5.56 Å². The second-order valence-electron chi connectivity index (χ2n) is 6.76. The summed E-state index contributed by atoms with van der Waals surface area (Å²) in [4.78, 5) is 16.6. The number of nitrogens with zero attached hydrogens (tertiary/aromatic N) is 2. The molecular formula is C20H22FN3O3. The molecule has 27 heavy (non-hydrogen) atoms. The first-order valence-corrected chi connectivity index (χ1v) is 9.05. The number of nitrogens with one attached hydrogen (secondary N) is 1. The van der Waals surface area contributed by atoms with E-state index in [1.807, 2.05) is 12.1 Å². The van der Waals surface area contributed by atoms with Gasteiger partial charge in [0.25, 0.3) is 0 Å². The molecule has 1 saturated heterocycles. The van der Waals surface area contributed by atoms with Gasteiger partial charge < -0.3 is 14.8 Å². The Bertz CT molecular complexity index is 822. The summed E-state index contributed by atoms with van der Waals surface area (Å²) in [6.45, 7) is 4.33. The van der Waals surface area contributed by atoms with Crippen LogP contribution in [-0.2, 0) is 11.3 Å². The lowest BCUT2D eigenvalue weighted by Crippen LogP contribution is -2.48. The number of carbonyl (C=O) groups is 1. The SMILES string of the molecule is O=C(CN1CCN(Cc2ccccc2F)CC1)Nc1ccc2c(c1)OCO2. The van der Waals surface area contributed by atoms with Gasteiger partial charge in [-0.2, -0.15) is 0 Å². The van der Waals surface area contributed by atoms with Crippen LogP contribution in [0.25, 0.3) is 0 Å². The zero-order chi connectivity index (χ0) is 18.6. The van der Waals surface area contributed by atoms with Crippen LogP contribution in [0.3, 0.4) is 0 Å². The van der Waals surface area contributed by atoms with Gasteiger partial charge in [0.15, 0.2) is 11.5 Å². The van der Waals surface area contributed by atoms with Crippen LogP contribution in [0.5, 0.6) is 11.5 Å². The molecule has 142 valence electrons. The van der Waals surface area contributed by atoms with Crippen LogP contribution >= 0.6 is 0 Å². The predicted octanol–water partition coefficient (Wildman–Crippen LogP) is 2.31. The average molecular weight is 371 g/mol. The Labute approximate surface area is 157 Å². The van der Waals surface area contributed by atoms with Gasteiger partial charge in [-0.1, -0.05) is 18.2 Å². The van der Waals surface area contributed by atoms with Gasteiger partial charge in [-0.15, -0.1) is 0 Å². The number of carbonyl (C=O) groups excluding carboxylic acids is 1. The van der Waals surface area contributed by atoms with Gasteiger partial charge in [0.1, 0.15) is 5.82 Å². The first-order valence-electron chi connectivity index (χ1n) is 9.05. The fourth-order valence-electron chi connectivity index (χ4n) is 3.35. The third-order valence-electron chi connectivity index (χ3n) is 4.84. The van der Waals surface area contributed by atoms with Crippen LogP contribution in [0.15, 0.2) is 42.5 Å². The number of ether oxygens (including phenoxy) is 2. The Balaban J connectivity index is 1.24. The molecule has 1 amide bonds. The molecule has 2 aromatic rings. The second kappa shape index (κ2) is 7.94. The molecule has 2 aromatic carbocycles. The van der Waals surface area contributed by atoms with Gasteiger partial charge in [-0.05, 0) is 18.2 Å². The summed E-state index contributed by atoms with van der Waals surface area (Å²) in [7, 11) is 0. The molecule has 1 fully saturated rings. The Morgan fingerprint density at radius 2 is 1.74 bits per heavy atom. The molecule has 2 heterocycles. The number of amides is 1. The van der Waals surface area contributed by atoms with E-state index in [-0.39, 0.29) is 18.5 Å². The van der Waals surface area contributed by atoms with E-state index in [2.05, 4.69) is 15.1 Å². The summed E-state index contributed by atoms with van der Waals surface area (Å²) in [5, 5.41) is 2.90. The monoisotopic (exact) mass is 371 g/mol. The molecule has 0 atom stereocenters. The van der Waals surface area contributed by atoms with Crippen molar-refractivity contribution >= 4 is 11.6 Å². The highest BCUT2D eigenvalue weighted by Gasteiger charge is 2.20. The van der Waals surface area contributed by atoms with Gasteiger partial charge in [-0.3, -0.25) is 14.6 Å². The minimum atomic E-state index is -0.164. The number of fused-ring (bicyclic) bond motifs is 1. The van der Waals surface area contributed by atoms with E-state index >= 15 is 0 Å². The largest absolute Gasteiger partial charge is 0.454 e. The molecule has 0 unspecified atom stereocenters. The third-order valence-corrected chi connectivity index (χ3v) is 4.84. The van der Waals surface area contributed by atoms with Gasteiger partial charge in [-0.25, -0.2) is 4.39 Å². The lowest BCUT2D eigenvalue weighted by atomic mass is 10.2. The molecule has 0 bridgehead atoms. The number of hydrogen-bond acceptors (Lipinski definition) is 5. The number of halogens is 1. The highest BCUT2D eigenvalue weighted by Crippen LogP contribution is 2.34. The lowest BCUT2D eigenvalue weighted by molar-refractivity contribution is -0.117. The van der Waals surface area contributed by atoms with Crippen LogP contribution < -0.4 is 14.8 Å². The van der Waals surface area contributed by atoms with Crippen molar-refractivity contribution in [2.45, 2.75) is 6.54 Å². The summed E-state index contributed by atoms with van der Waals surface area (Å²) < 4.78 is 24.4. The Hall–Kier alpha value is -2.64. The molecule has 0 spiro atoms. The van der Waals surface area contributed by atoms with E-state index in [4.69, 9.17) is 9.47 Å². The molecule has 0 radical (unpaired) electrons. The van der Waals surface area contributed by atoms with Gasteiger partial charge in [0.05, 0.1) is 6.54 Å². The molecule has 2 aliphatic rings. The first-order chi connectivity index (χ1) is 13.2. The fraction of sp³-hybridized carbons (Fsp3) is 0.350. The summed E-state index contributed by atoms with van der Waals surface area (Å²) in [5.41, 5.74) is 1.41. The summed E-state index contributed by atoms with van der Waals surface area (Å²) in [6, 6.07) is 12.2. The van der Waals surface area contributed by atoms with E-state index in [0.717, 1.165) is 26.2 Å². The number of rotatable bonds is 5. The van der Waals surface area contributed by atoms with Crippen LogP contribution in [0.4, 0.5) is 10.1 Å². The van der Waals surface area contributed by atoms with Crippen molar-refractivity contribution in [3.8, 4) is 11.5 Å². The molecule has 0 aliphatic carbocycles. The van der Waals surface area contributed by atoms with E-state index in [0.29, 0.717) is 35.8 Å². The summed E-state index contributed by atoms with van der Waals surface area (Å²) in [6.07, 6.45) is 0. The topological polar surface area (TPSA) is 54.0 Å². The quantitative estimate of drug-likeness (QED) is 0.874. The maximum atomic E-state index is 13.8. The molecule has 4 rings (SSSR count). The average Bonchev–Trinajstić information content (AvgIpc) is 3.13. The first kappa shape index (κ1) is 17.8. The number of benzene rings is 2. The van der Waals surface area contributed by atoms with Crippen LogP contribution in [-0.4, -0.2) is 55.2 Å². The Morgan fingerprint density at radius 3 is 2.56 bits per heavy atom. The van der Waals surface area contributed by atoms with Crippen molar-refractivity contribution in [2.75, 3.05) is 44.8 Å². The summed E-state index contributed by atoms with van der Waals surface area (Å²) in [5.74, 6) is 1.12. The zero-order valence-electron chi connectivity index (χ0n) is 15.0. The molecule has 2 aliphatic heterocycles. The lowest BCUT2D eigenvalue weighted by Gasteiger charge is -2.34. The Morgan fingerprint density at radius 1 is 1.00 bits per heavy atom. The number of hydrogen-bond donors (Lipinski definition) is 1. The molecule has 6 nitrogen and oxygen atoms in total. The molecule has 7 heteroatoms. The van der Waals surface area contributed by atoms with E-state index < -0.39 is 0 Å². The minimum absolute atomic E-state index is 0.0589. The fourth-order valence-corrected chi connectivity index (χ4v) is 3.35.